The molecule has 74 valence electrons. The molecule has 0 aliphatic rings. The zero-order chi connectivity index (χ0) is 9.61. The van der Waals surface area contributed by atoms with Crippen LogP contribution in [-0.2, 0) is 0 Å². The standard InChI is InChI=1S/C10H24N2/c1-6-8-12(7-2)9-10(3,4)11-5/h11H,6-9H2,1-5H3. The molecule has 0 heterocycles. The van der Waals surface area contributed by atoms with Crippen LogP contribution in [0.2, 0.25) is 0 Å². The lowest BCUT2D eigenvalue weighted by molar-refractivity contribution is 0.216. The second-order valence-electron chi connectivity index (χ2n) is 4.00. The average molecular weight is 172 g/mol. The van der Waals surface area contributed by atoms with Crippen molar-refractivity contribution in [2.45, 2.75) is 39.7 Å². The van der Waals surface area contributed by atoms with Crippen LogP contribution < -0.4 is 5.32 Å². The van der Waals surface area contributed by atoms with Crippen LogP contribution in [0.1, 0.15) is 34.1 Å². The van der Waals surface area contributed by atoms with Crippen molar-refractivity contribution in [2.24, 2.45) is 0 Å². The predicted octanol–water partition coefficient (Wildman–Crippen LogP) is 1.72. The molecule has 0 aromatic heterocycles. The molecule has 0 aromatic rings. The fraction of sp³-hybridized carbons (Fsp3) is 1.00. The average Bonchev–Trinajstić information content (AvgIpc) is 2.03. The van der Waals surface area contributed by atoms with Gasteiger partial charge in [0.1, 0.15) is 0 Å². The van der Waals surface area contributed by atoms with E-state index in [4.69, 9.17) is 0 Å². The SMILES string of the molecule is CCCN(CC)CC(C)(C)NC. The second kappa shape index (κ2) is 5.55. The monoisotopic (exact) mass is 172 g/mol. The molecule has 0 bridgehead atoms. The van der Waals surface area contributed by atoms with Crippen molar-refractivity contribution in [1.82, 2.24) is 10.2 Å². The van der Waals surface area contributed by atoms with Crippen molar-refractivity contribution in [3.63, 3.8) is 0 Å². The summed E-state index contributed by atoms with van der Waals surface area (Å²) >= 11 is 0. The van der Waals surface area contributed by atoms with Gasteiger partial charge in [-0.05, 0) is 40.4 Å². The summed E-state index contributed by atoms with van der Waals surface area (Å²) < 4.78 is 0. The molecule has 0 unspecified atom stereocenters. The van der Waals surface area contributed by atoms with E-state index in [-0.39, 0.29) is 5.54 Å². The number of likely N-dealkylation sites (N-methyl/N-ethyl adjacent to an activating group) is 2. The molecule has 0 rings (SSSR count). The van der Waals surface area contributed by atoms with Gasteiger partial charge in [-0.2, -0.15) is 0 Å². The van der Waals surface area contributed by atoms with Crippen LogP contribution in [-0.4, -0.2) is 37.1 Å². The molecule has 0 fully saturated rings. The first-order chi connectivity index (χ1) is 5.55. The molecule has 2 nitrogen and oxygen atoms in total. The van der Waals surface area contributed by atoms with Crippen LogP contribution in [0.15, 0.2) is 0 Å². The van der Waals surface area contributed by atoms with Gasteiger partial charge in [-0.15, -0.1) is 0 Å². The van der Waals surface area contributed by atoms with Crippen LogP contribution in [0.5, 0.6) is 0 Å². The molecule has 0 aliphatic carbocycles. The molecule has 0 aliphatic heterocycles. The highest BCUT2D eigenvalue weighted by Gasteiger charge is 2.17. The molecule has 1 N–H and O–H groups in total. The summed E-state index contributed by atoms with van der Waals surface area (Å²) in [4.78, 5) is 2.48. The van der Waals surface area contributed by atoms with Gasteiger partial charge >= 0.3 is 0 Å². The van der Waals surface area contributed by atoms with Crippen molar-refractivity contribution in [1.29, 1.82) is 0 Å². The summed E-state index contributed by atoms with van der Waals surface area (Å²) in [5, 5.41) is 3.32. The molecule has 0 radical (unpaired) electrons. The van der Waals surface area contributed by atoms with Crippen molar-refractivity contribution in [3.05, 3.63) is 0 Å². The summed E-state index contributed by atoms with van der Waals surface area (Å²) in [6.07, 6.45) is 1.24. The van der Waals surface area contributed by atoms with E-state index in [1.807, 2.05) is 7.05 Å². The smallest absolute Gasteiger partial charge is 0.0249 e. The van der Waals surface area contributed by atoms with Crippen LogP contribution in [0, 0.1) is 0 Å². The maximum absolute atomic E-state index is 3.32. The Balaban J connectivity index is 3.83. The van der Waals surface area contributed by atoms with E-state index in [9.17, 15) is 0 Å². The Kier molecular flexibility index (Phi) is 5.51. The van der Waals surface area contributed by atoms with Gasteiger partial charge in [0.05, 0.1) is 0 Å². The second-order valence-corrected chi connectivity index (χ2v) is 4.00. The molecule has 0 saturated carbocycles. The van der Waals surface area contributed by atoms with Crippen LogP contribution >= 0.6 is 0 Å². The fourth-order valence-electron chi connectivity index (χ4n) is 1.30. The Morgan fingerprint density at radius 3 is 2.17 bits per heavy atom. The lowest BCUT2D eigenvalue weighted by Crippen LogP contribution is -2.47. The summed E-state index contributed by atoms with van der Waals surface area (Å²) in [5.41, 5.74) is 0.241. The van der Waals surface area contributed by atoms with Gasteiger partial charge < -0.3 is 10.2 Å². The normalized spacial score (nSPS) is 12.5. The topological polar surface area (TPSA) is 15.3 Å². The van der Waals surface area contributed by atoms with Gasteiger partial charge in [0.25, 0.3) is 0 Å². The van der Waals surface area contributed by atoms with Crippen LogP contribution in [0.4, 0.5) is 0 Å². The number of nitrogens with zero attached hydrogens (tertiary/aromatic N) is 1. The minimum Gasteiger partial charge on any atom is -0.314 e. The summed E-state index contributed by atoms with van der Waals surface area (Å²) in [5.74, 6) is 0. The van der Waals surface area contributed by atoms with Gasteiger partial charge in [0, 0.05) is 12.1 Å². The van der Waals surface area contributed by atoms with Gasteiger partial charge in [-0.3, -0.25) is 0 Å². The highest BCUT2D eigenvalue weighted by Crippen LogP contribution is 2.04. The third-order valence-corrected chi connectivity index (χ3v) is 2.28. The molecule has 2 heteroatoms. The molecule has 0 aromatic carbocycles. The van der Waals surface area contributed by atoms with E-state index < -0.39 is 0 Å². The molecular weight excluding hydrogens is 148 g/mol. The summed E-state index contributed by atoms with van der Waals surface area (Å²) in [6.45, 7) is 12.4. The number of nitrogens with one attached hydrogen (secondary N) is 1. The zero-order valence-corrected chi connectivity index (χ0v) is 9.28. The lowest BCUT2D eigenvalue weighted by atomic mass is 10.1. The van der Waals surface area contributed by atoms with Gasteiger partial charge in [0.15, 0.2) is 0 Å². The number of hydrogen-bond acceptors (Lipinski definition) is 2. The third kappa shape index (κ3) is 4.73. The Morgan fingerprint density at radius 2 is 1.83 bits per heavy atom. The molecular formula is C10H24N2. The summed E-state index contributed by atoms with van der Waals surface area (Å²) in [7, 11) is 2.03. The Hall–Kier alpha value is -0.0800. The van der Waals surface area contributed by atoms with Crippen molar-refractivity contribution >= 4 is 0 Å². The molecule has 0 spiro atoms. The Bertz CT molecular complexity index is 110. The van der Waals surface area contributed by atoms with Crippen molar-refractivity contribution in [3.8, 4) is 0 Å². The zero-order valence-electron chi connectivity index (χ0n) is 9.28. The Morgan fingerprint density at radius 1 is 1.25 bits per heavy atom. The van der Waals surface area contributed by atoms with E-state index in [1.165, 1.54) is 13.0 Å². The number of hydrogen-bond donors (Lipinski definition) is 1. The molecule has 0 saturated heterocycles. The highest BCUT2D eigenvalue weighted by molar-refractivity contribution is 4.79. The van der Waals surface area contributed by atoms with Crippen molar-refractivity contribution in [2.75, 3.05) is 26.7 Å². The minimum absolute atomic E-state index is 0.241. The van der Waals surface area contributed by atoms with Crippen LogP contribution in [0.3, 0.4) is 0 Å². The van der Waals surface area contributed by atoms with E-state index in [0.29, 0.717) is 0 Å². The number of rotatable bonds is 6. The largest absolute Gasteiger partial charge is 0.314 e. The Labute approximate surface area is 77.3 Å². The van der Waals surface area contributed by atoms with Gasteiger partial charge in [-0.1, -0.05) is 13.8 Å². The first kappa shape index (κ1) is 11.9. The summed E-state index contributed by atoms with van der Waals surface area (Å²) in [6, 6.07) is 0. The van der Waals surface area contributed by atoms with E-state index in [1.54, 1.807) is 0 Å². The fourth-order valence-corrected chi connectivity index (χ4v) is 1.30. The molecule has 0 amide bonds. The first-order valence-electron chi connectivity index (χ1n) is 4.97. The third-order valence-electron chi connectivity index (χ3n) is 2.28. The van der Waals surface area contributed by atoms with E-state index in [0.717, 1.165) is 13.1 Å². The van der Waals surface area contributed by atoms with Crippen molar-refractivity contribution < 1.29 is 0 Å². The minimum atomic E-state index is 0.241. The van der Waals surface area contributed by atoms with Gasteiger partial charge in [0.2, 0.25) is 0 Å². The maximum Gasteiger partial charge on any atom is 0.0249 e. The molecule has 0 atom stereocenters. The maximum atomic E-state index is 3.32. The van der Waals surface area contributed by atoms with Gasteiger partial charge in [-0.25, -0.2) is 0 Å². The molecule has 12 heavy (non-hydrogen) atoms. The highest BCUT2D eigenvalue weighted by atomic mass is 15.2. The van der Waals surface area contributed by atoms with E-state index in [2.05, 4.69) is 37.9 Å². The van der Waals surface area contributed by atoms with E-state index >= 15 is 0 Å². The lowest BCUT2D eigenvalue weighted by Gasteiger charge is -2.31. The predicted molar refractivity (Wildman–Crippen MR) is 55.5 cm³/mol. The first-order valence-corrected chi connectivity index (χ1v) is 4.97. The van der Waals surface area contributed by atoms with Crippen LogP contribution in [0.25, 0.3) is 0 Å². The quantitative estimate of drug-likeness (QED) is 0.656.